The third-order valence-corrected chi connectivity index (χ3v) is 5.44. The zero-order chi connectivity index (χ0) is 18.9. The van der Waals surface area contributed by atoms with Crippen molar-refractivity contribution >= 4 is 27.7 Å². The Labute approximate surface area is 162 Å². The Morgan fingerprint density at radius 2 is 1.86 bits per heavy atom. The summed E-state index contributed by atoms with van der Waals surface area (Å²) in [5, 5.41) is 2.06. The number of pyridine rings is 1. The van der Waals surface area contributed by atoms with Crippen molar-refractivity contribution in [3.8, 4) is 5.75 Å². The van der Waals surface area contributed by atoms with Gasteiger partial charge in [-0.05, 0) is 18.2 Å². The first kappa shape index (κ1) is 16.8. The van der Waals surface area contributed by atoms with Crippen LogP contribution < -0.4 is 4.74 Å². The Morgan fingerprint density at radius 3 is 2.75 bits per heavy atom. The minimum absolute atomic E-state index is 0.0859. The summed E-state index contributed by atoms with van der Waals surface area (Å²) in [6.07, 6.45) is 5.34. The fourth-order valence-electron chi connectivity index (χ4n) is 3.95. The third kappa shape index (κ3) is 2.99. The van der Waals surface area contributed by atoms with Gasteiger partial charge in [0.05, 0.1) is 5.56 Å². The predicted molar refractivity (Wildman–Crippen MR) is 110 cm³/mol. The number of benzene rings is 2. The lowest BCUT2D eigenvalue weighted by atomic mass is 10.1. The number of carbonyl (C=O) groups excluding carboxylic acids is 1. The molecule has 0 radical (unpaired) electrons. The van der Waals surface area contributed by atoms with Crippen molar-refractivity contribution in [2.24, 2.45) is 0 Å². The first-order chi connectivity index (χ1) is 13.8. The maximum atomic E-state index is 13.0. The van der Waals surface area contributed by atoms with Gasteiger partial charge in [0.15, 0.2) is 0 Å². The van der Waals surface area contributed by atoms with E-state index in [2.05, 4.69) is 9.97 Å². The number of carbonyl (C=O) groups is 1. The number of hydrogen-bond donors (Lipinski definition) is 1. The Hall–Kier alpha value is -3.34. The van der Waals surface area contributed by atoms with Gasteiger partial charge in [-0.15, -0.1) is 0 Å². The summed E-state index contributed by atoms with van der Waals surface area (Å²) in [5.41, 5.74) is 2.63. The third-order valence-electron chi connectivity index (χ3n) is 5.44. The number of likely N-dealkylation sites (tertiary alicyclic amines) is 1. The molecule has 0 unspecified atom stereocenters. The van der Waals surface area contributed by atoms with Crippen molar-refractivity contribution in [2.45, 2.75) is 18.9 Å². The topological polar surface area (TPSA) is 58.2 Å². The molecular weight excluding hydrogens is 350 g/mol. The number of aromatic amines is 1. The maximum absolute atomic E-state index is 13.0. The molecule has 0 aliphatic carbocycles. The number of nitrogens with one attached hydrogen (secondary N) is 1. The number of para-hydroxylation sites is 2. The average Bonchev–Trinajstić information content (AvgIpc) is 3.18. The lowest BCUT2D eigenvalue weighted by Gasteiger charge is -2.32. The minimum Gasteiger partial charge on any atom is -0.488 e. The van der Waals surface area contributed by atoms with Crippen LogP contribution in [0.25, 0.3) is 21.8 Å². The van der Waals surface area contributed by atoms with Gasteiger partial charge in [-0.1, -0.05) is 36.4 Å². The van der Waals surface area contributed by atoms with E-state index in [4.69, 9.17) is 4.74 Å². The Morgan fingerprint density at radius 1 is 1.04 bits per heavy atom. The molecule has 1 aliphatic heterocycles. The molecular formula is C23H21N3O2. The normalized spacial score (nSPS) is 15.2. The monoisotopic (exact) mass is 371 g/mol. The number of aromatic nitrogens is 2. The predicted octanol–water partition coefficient (Wildman–Crippen LogP) is 4.40. The number of piperidine rings is 1. The summed E-state index contributed by atoms with van der Waals surface area (Å²) >= 11 is 0. The SMILES string of the molecule is O=C(c1c[nH]c2ccccc12)N1CCC(Oc2cccc3cccnc23)CC1. The minimum atomic E-state index is 0.0859. The van der Waals surface area contributed by atoms with E-state index >= 15 is 0 Å². The standard InChI is InChI=1S/C23H21N3O2/c27-23(19-15-25-20-8-2-1-7-18(19)20)26-13-10-17(11-14-26)28-21-9-3-5-16-6-4-12-24-22(16)21/h1-9,12,15,17,25H,10-11,13-14H2. The summed E-state index contributed by atoms with van der Waals surface area (Å²) in [6, 6.07) is 17.9. The van der Waals surface area contributed by atoms with E-state index < -0.39 is 0 Å². The second-order valence-electron chi connectivity index (χ2n) is 7.19. The van der Waals surface area contributed by atoms with E-state index in [9.17, 15) is 4.79 Å². The van der Waals surface area contributed by atoms with Crippen LogP contribution in [0.15, 0.2) is 67.0 Å². The van der Waals surface area contributed by atoms with Crippen LogP contribution in [0.3, 0.4) is 0 Å². The van der Waals surface area contributed by atoms with Crippen LogP contribution in [0.2, 0.25) is 0 Å². The van der Waals surface area contributed by atoms with Gasteiger partial charge in [0.2, 0.25) is 0 Å². The van der Waals surface area contributed by atoms with Crippen molar-refractivity contribution in [1.82, 2.24) is 14.9 Å². The highest BCUT2D eigenvalue weighted by Gasteiger charge is 2.26. The quantitative estimate of drug-likeness (QED) is 0.581. The van der Waals surface area contributed by atoms with Gasteiger partial charge in [-0.3, -0.25) is 9.78 Å². The van der Waals surface area contributed by atoms with E-state index in [1.165, 1.54) is 0 Å². The summed E-state index contributed by atoms with van der Waals surface area (Å²) in [6.45, 7) is 1.39. The number of ether oxygens (including phenoxy) is 1. The fourth-order valence-corrected chi connectivity index (χ4v) is 3.95. The molecule has 28 heavy (non-hydrogen) atoms. The number of fused-ring (bicyclic) bond motifs is 2. The molecule has 5 rings (SSSR count). The van der Waals surface area contributed by atoms with Crippen LogP contribution >= 0.6 is 0 Å². The summed E-state index contributed by atoms with van der Waals surface area (Å²) in [4.78, 5) is 22.5. The van der Waals surface area contributed by atoms with E-state index in [0.29, 0.717) is 13.1 Å². The van der Waals surface area contributed by atoms with E-state index in [1.54, 1.807) is 6.20 Å². The highest BCUT2D eigenvalue weighted by molar-refractivity contribution is 6.06. The molecule has 0 atom stereocenters. The van der Waals surface area contributed by atoms with Crippen LogP contribution in [0.5, 0.6) is 5.75 Å². The van der Waals surface area contributed by atoms with Crippen molar-refractivity contribution in [3.63, 3.8) is 0 Å². The van der Waals surface area contributed by atoms with E-state index in [-0.39, 0.29) is 12.0 Å². The lowest BCUT2D eigenvalue weighted by molar-refractivity contribution is 0.0599. The smallest absolute Gasteiger partial charge is 0.256 e. The molecule has 1 amide bonds. The Kier molecular flexibility index (Phi) is 4.20. The number of hydrogen-bond acceptors (Lipinski definition) is 3. The van der Waals surface area contributed by atoms with Gasteiger partial charge in [0.25, 0.3) is 5.91 Å². The Balaban J connectivity index is 1.28. The number of H-pyrrole nitrogens is 1. The molecule has 2 aromatic heterocycles. The molecule has 2 aromatic carbocycles. The molecule has 140 valence electrons. The molecule has 1 N–H and O–H groups in total. The summed E-state index contributed by atoms with van der Waals surface area (Å²) in [5.74, 6) is 0.905. The highest BCUT2D eigenvalue weighted by atomic mass is 16.5. The maximum Gasteiger partial charge on any atom is 0.256 e. The van der Waals surface area contributed by atoms with Crippen LogP contribution in [-0.4, -0.2) is 40.0 Å². The zero-order valence-corrected chi connectivity index (χ0v) is 15.5. The molecule has 0 saturated carbocycles. The molecule has 5 heteroatoms. The lowest BCUT2D eigenvalue weighted by Crippen LogP contribution is -2.41. The van der Waals surface area contributed by atoms with Crippen LogP contribution in [0.4, 0.5) is 0 Å². The number of nitrogens with zero attached hydrogens (tertiary/aromatic N) is 2. The molecule has 1 fully saturated rings. The van der Waals surface area contributed by atoms with Gasteiger partial charge in [-0.25, -0.2) is 0 Å². The van der Waals surface area contributed by atoms with Crippen molar-refractivity contribution < 1.29 is 9.53 Å². The first-order valence-electron chi connectivity index (χ1n) is 9.65. The van der Waals surface area contributed by atoms with Crippen molar-refractivity contribution in [2.75, 3.05) is 13.1 Å². The van der Waals surface area contributed by atoms with Gasteiger partial charge in [0.1, 0.15) is 17.4 Å². The first-order valence-corrected chi connectivity index (χ1v) is 9.65. The number of rotatable bonds is 3. The van der Waals surface area contributed by atoms with Crippen LogP contribution in [0.1, 0.15) is 23.2 Å². The molecule has 1 aliphatic rings. The highest BCUT2D eigenvalue weighted by Crippen LogP contribution is 2.27. The van der Waals surface area contributed by atoms with Gasteiger partial charge < -0.3 is 14.6 Å². The van der Waals surface area contributed by atoms with Gasteiger partial charge in [-0.2, -0.15) is 0 Å². The molecule has 0 spiro atoms. The molecule has 1 saturated heterocycles. The second kappa shape index (κ2) is 7.00. The van der Waals surface area contributed by atoms with E-state index in [0.717, 1.165) is 46.0 Å². The van der Waals surface area contributed by atoms with Crippen molar-refractivity contribution in [3.05, 3.63) is 72.6 Å². The molecule has 3 heterocycles. The summed E-state index contributed by atoms with van der Waals surface area (Å²) in [7, 11) is 0. The average molecular weight is 371 g/mol. The van der Waals surface area contributed by atoms with Crippen LogP contribution in [-0.2, 0) is 0 Å². The number of amides is 1. The second-order valence-corrected chi connectivity index (χ2v) is 7.19. The fraction of sp³-hybridized carbons (Fsp3) is 0.217. The molecule has 5 nitrogen and oxygen atoms in total. The molecule has 0 bridgehead atoms. The molecule has 4 aromatic rings. The van der Waals surface area contributed by atoms with Gasteiger partial charge in [0, 0.05) is 54.6 Å². The van der Waals surface area contributed by atoms with E-state index in [1.807, 2.05) is 65.7 Å². The van der Waals surface area contributed by atoms with Gasteiger partial charge >= 0.3 is 0 Å². The van der Waals surface area contributed by atoms with Crippen LogP contribution in [0, 0.1) is 0 Å². The zero-order valence-electron chi connectivity index (χ0n) is 15.5. The largest absolute Gasteiger partial charge is 0.488 e. The van der Waals surface area contributed by atoms with Crippen molar-refractivity contribution in [1.29, 1.82) is 0 Å². The summed E-state index contributed by atoms with van der Waals surface area (Å²) < 4.78 is 6.25. The Bertz CT molecular complexity index is 1140.